The molecule has 1 N–H and O–H groups in total. The van der Waals surface area contributed by atoms with Gasteiger partial charge in [-0.25, -0.2) is 0 Å². The Morgan fingerprint density at radius 2 is 2.06 bits per heavy atom. The van der Waals surface area contributed by atoms with Crippen molar-refractivity contribution in [2.24, 2.45) is 17.8 Å². The Kier molecular flexibility index (Phi) is 5.50. The summed E-state index contributed by atoms with van der Waals surface area (Å²) in [6.07, 6.45) is 10.4. The summed E-state index contributed by atoms with van der Waals surface area (Å²) < 4.78 is 5.37. The van der Waals surface area contributed by atoms with Crippen molar-refractivity contribution in [2.75, 3.05) is 13.7 Å². The quantitative estimate of drug-likeness (QED) is 0.713. The molecule has 0 radical (unpaired) electrons. The van der Waals surface area contributed by atoms with Crippen LogP contribution in [0.4, 0.5) is 0 Å². The second-order valence-electron chi connectivity index (χ2n) is 6.55. The molecule has 5 atom stereocenters. The Balaban J connectivity index is 1.75. The molecule has 2 heteroatoms. The molecule has 2 aliphatic carbocycles. The molecule has 0 aliphatic heterocycles. The van der Waals surface area contributed by atoms with Crippen LogP contribution in [0.3, 0.4) is 0 Å². The molecule has 0 aromatic heterocycles. The van der Waals surface area contributed by atoms with Crippen molar-refractivity contribution in [3.05, 3.63) is 0 Å². The fourth-order valence-corrected chi connectivity index (χ4v) is 4.18. The molecule has 5 unspecified atom stereocenters. The third-order valence-corrected chi connectivity index (χ3v) is 5.29. The monoisotopic (exact) mass is 253 g/mol. The third-order valence-electron chi connectivity index (χ3n) is 5.29. The molecule has 2 nitrogen and oxygen atoms in total. The highest BCUT2D eigenvalue weighted by Gasteiger charge is 2.39. The molecule has 0 saturated heterocycles. The minimum absolute atomic E-state index is 0.409. The predicted octanol–water partition coefficient (Wildman–Crippen LogP) is 3.61. The van der Waals surface area contributed by atoms with Crippen LogP contribution in [0.1, 0.15) is 58.8 Å². The Labute approximate surface area is 113 Å². The SMILES string of the molecule is CCNC(CCC(C)OC)CC1CC2CCC1C2. The molecule has 0 spiro atoms. The molecule has 2 rings (SSSR count). The van der Waals surface area contributed by atoms with Crippen LogP contribution in [-0.2, 0) is 4.74 Å². The first-order valence-electron chi connectivity index (χ1n) is 7.99. The minimum atomic E-state index is 0.409. The number of nitrogens with one attached hydrogen (secondary N) is 1. The summed E-state index contributed by atoms with van der Waals surface area (Å²) in [5, 5.41) is 3.69. The van der Waals surface area contributed by atoms with E-state index in [0.29, 0.717) is 6.10 Å². The van der Waals surface area contributed by atoms with Crippen LogP contribution in [0.25, 0.3) is 0 Å². The number of fused-ring (bicyclic) bond motifs is 2. The molecule has 0 aromatic rings. The topological polar surface area (TPSA) is 21.3 Å². The number of ether oxygens (including phenoxy) is 1. The highest BCUT2D eigenvalue weighted by molar-refractivity contribution is 4.91. The molecule has 2 saturated carbocycles. The van der Waals surface area contributed by atoms with Gasteiger partial charge in [-0.2, -0.15) is 0 Å². The molecule has 0 heterocycles. The Morgan fingerprint density at radius 1 is 1.22 bits per heavy atom. The Hall–Kier alpha value is -0.0800. The van der Waals surface area contributed by atoms with E-state index in [1.54, 1.807) is 0 Å². The minimum Gasteiger partial charge on any atom is -0.382 e. The second kappa shape index (κ2) is 6.91. The van der Waals surface area contributed by atoms with Gasteiger partial charge in [0, 0.05) is 13.2 Å². The Morgan fingerprint density at radius 3 is 2.61 bits per heavy atom. The second-order valence-corrected chi connectivity index (χ2v) is 6.55. The summed E-state index contributed by atoms with van der Waals surface area (Å²) in [5.74, 6) is 3.17. The van der Waals surface area contributed by atoms with Gasteiger partial charge < -0.3 is 10.1 Å². The molecular formula is C16H31NO. The zero-order valence-corrected chi connectivity index (χ0v) is 12.5. The molecule has 0 aromatic carbocycles. The third kappa shape index (κ3) is 3.71. The van der Waals surface area contributed by atoms with Gasteiger partial charge in [0.05, 0.1) is 6.10 Å². The lowest BCUT2D eigenvalue weighted by atomic mass is 9.83. The number of hydrogen-bond acceptors (Lipinski definition) is 2. The number of rotatable bonds is 8. The van der Waals surface area contributed by atoms with E-state index < -0.39 is 0 Å². The van der Waals surface area contributed by atoms with Gasteiger partial charge in [0.2, 0.25) is 0 Å². The highest BCUT2D eigenvalue weighted by atomic mass is 16.5. The first-order valence-corrected chi connectivity index (χ1v) is 7.99. The van der Waals surface area contributed by atoms with Gasteiger partial charge in [-0.3, -0.25) is 0 Å². The van der Waals surface area contributed by atoms with E-state index in [-0.39, 0.29) is 0 Å². The van der Waals surface area contributed by atoms with E-state index in [4.69, 9.17) is 4.74 Å². The number of methoxy groups -OCH3 is 1. The number of hydrogen-bond donors (Lipinski definition) is 1. The summed E-state index contributed by atoms with van der Waals surface area (Å²) >= 11 is 0. The molecule has 0 amide bonds. The van der Waals surface area contributed by atoms with Crippen LogP contribution in [0.15, 0.2) is 0 Å². The highest BCUT2D eigenvalue weighted by Crippen LogP contribution is 2.50. The molecule has 2 fully saturated rings. The lowest BCUT2D eigenvalue weighted by molar-refractivity contribution is 0.104. The summed E-state index contributed by atoms with van der Waals surface area (Å²) in [6.45, 7) is 5.51. The summed E-state index contributed by atoms with van der Waals surface area (Å²) in [6, 6.07) is 0.719. The van der Waals surface area contributed by atoms with Crippen molar-refractivity contribution in [1.82, 2.24) is 5.32 Å². The van der Waals surface area contributed by atoms with Gasteiger partial charge in [0.15, 0.2) is 0 Å². The molecule has 2 bridgehead atoms. The van der Waals surface area contributed by atoms with Crippen LogP contribution < -0.4 is 5.32 Å². The lowest BCUT2D eigenvalue weighted by Gasteiger charge is -2.27. The van der Waals surface area contributed by atoms with Gasteiger partial charge >= 0.3 is 0 Å². The molecule has 2 aliphatic rings. The van der Waals surface area contributed by atoms with Crippen LogP contribution in [0.2, 0.25) is 0 Å². The van der Waals surface area contributed by atoms with Crippen molar-refractivity contribution < 1.29 is 4.74 Å². The zero-order valence-electron chi connectivity index (χ0n) is 12.5. The van der Waals surface area contributed by atoms with E-state index in [1.807, 2.05) is 7.11 Å². The van der Waals surface area contributed by atoms with Crippen molar-refractivity contribution in [3.8, 4) is 0 Å². The first kappa shape index (κ1) is 14.3. The largest absolute Gasteiger partial charge is 0.382 e. The first-order chi connectivity index (χ1) is 8.72. The van der Waals surface area contributed by atoms with Crippen molar-refractivity contribution in [1.29, 1.82) is 0 Å². The van der Waals surface area contributed by atoms with E-state index in [2.05, 4.69) is 19.2 Å². The van der Waals surface area contributed by atoms with Gasteiger partial charge in [-0.05, 0) is 69.7 Å². The van der Waals surface area contributed by atoms with Crippen LogP contribution in [-0.4, -0.2) is 25.8 Å². The van der Waals surface area contributed by atoms with Gasteiger partial charge in [-0.1, -0.05) is 13.3 Å². The smallest absolute Gasteiger partial charge is 0.0543 e. The van der Waals surface area contributed by atoms with Crippen LogP contribution in [0, 0.1) is 17.8 Å². The van der Waals surface area contributed by atoms with Crippen molar-refractivity contribution in [2.45, 2.75) is 70.9 Å². The van der Waals surface area contributed by atoms with E-state index in [0.717, 1.165) is 30.3 Å². The zero-order chi connectivity index (χ0) is 13.0. The van der Waals surface area contributed by atoms with Crippen LogP contribution in [0.5, 0.6) is 0 Å². The molecule has 106 valence electrons. The Bertz CT molecular complexity index is 243. The van der Waals surface area contributed by atoms with Crippen LogP contribution >= 0.6 is 0 Å². The van der Waals surface area contributed by atoms with E-state index >= 15 is 0 Å². The van der Waals surface area contributed by atoms with Gasteiger partial charge in [0.25, 0.3) is 0 Å². The maximum atomic E-state index is 5.37. The molecular weight excluding hydrogens is 222 g/mol. The van der Waals surface area contributed by atoms with Crippen molar-refractivity contribution >= 4 is 0 Å². The average Bonchev–Trinajstić information content (AvgIpc) is 2.98. The summed E-state index contributed by atoms with van der Waals surface area (Å²) in [4.78, 5) is 0. The molecule has 18 heavy (non-hydrogen) atoms. The fourth-order valence-electron chi connectivity index (χ4n) is 4.18. The van der Waals surface area contributed by atoms with Gasteiger partial charge in [0.1, 0.15) is 0 Å². The summed E-state index contributed by atoms with van der Waals surface area (Å²) in [7, 11) is 1.82. The summed E-state index contributed by atoms with van der Waals surface area (Å²) in [5.41, 5.74) is 0. The lowest BCUT2D eigenvalue weighted by Crippen LogP contribution is -2.33. The fraction of sp³-hybridized carbons (Fsp3) is 1.00. The van der Waals surface area contributed by atoms with Crippen molar-refractivity contribution in [3.63, 3.8) is 0 Å². The normalized spacial score (nSPS) is 33.8. The predicted molar refractivity (Wildman–Crippen MR) is 76.7 cm³/mol. The average molecular weight is 253 g/mol. The maximum Gasteiger partial charge on any atom is 0.0543 e. The van der Waals surface area contributed by atoms with E-state index in [1.165, 1.54) is 44.9 Å². The standard InChI is InChI=1S/C16H31NO/c1-4-17-16(8-5-12(2)18-3)11-15-10-13-6-7-14(15)9-13/h12-17H,4-11H2,1-3H3. The van der Waals surface area contributed by atoms with E-state index in [9.17, 15) is 0 Å². The maximum absolute atomic E-state index is 5.37. The van der Waals surface area contributed by atoms with Gasteiger partial charge in [-0.15, -0.1) is 0 Å².